The second-order valence-corrected chi connectivity index (χ2v) is 7.60. The van der Waals surface area contributed by atoms with Gasteiger partial charge in [0.05, 0.1) is 11.1 Å². The van der Waals surface area contributed by atoms with E-state index in [0.717, 1.165) is 34.4 Å². The van der Waals surface area contributed by atoms with E-state index in [-0.39, 0.29) is 5.91 Å². The topological polar surface area (TPSA) is 71.2 Å². The average Bonchev–Trinajstić information content (AvgIpc) is 3.15. The molecule has 0 radical (unpaired) electrons. The van der Waals surface area contributed by atoms with Crippen LogP contribution in [0, 0.1) is 6.92 Å². The lowest BCUT2D eigenvalue weighted by atomic mass is 9.84. The number of likely N-dealkylation sites (tertiary alicyclic amines) is 1. The molecule has 1 aliphatic heterocycles. The van der Waals surface area contributed by atoms with Crippen molar-refractivity contribution >= 4 is 16.8 Å². The highest BCUT2D eigenvalue weighted by Gasteiger charge is 2.35. The molecular weight excluding hydrogens is 352 g/mol. The second kappa shape index (κ2) is 7.36. The van der Waals surface area contributed by atoms with E-state index in [9.17, 15) is 9.90 Å². The Morgan fingerprint density at radius 2 is 2.00 bits per heavy atom. The van der Waals surface area contributed by atoms with Crippen molar-refractivity contribution in [3.05, 3.63) is 59.8 Å². The Kier molecular flexibility index (Phi) is 4.89. The van der Waals surface area contributed by atoms with Crippen LogP contribution in [-0.4, -0.2) is 43.5 Å². The number of imidazole rings is 1. The normalized spacial score (nSPS) is 16.5. The molecule has 1 aliphatic rings. The van der Waals surface area contributed by atoms with Crippen molar-refractivity contribution < 1.29 is 9.90 Å². The largest absolute Gasteiger partial charge is 0.385 e. The molecule has 1 fully saturated rings. The molecule has 6 heteroatoms. The summed E-state index contributed by atoms with van der Waals surface area (Å²) in [6.07, 6.45) is 5.46. The molecule has 0 atom stereocenters. The summed E-state index contributed by atoms with van der Waals surface area (Å²) in [5.41, 5.74) is 1.92. The predicted octanol–water partition coefficient (Wildman–Crippen LogP) is 2.81. The molecule has 1 N–H and O–H groups in total. The van der Waals surface area contributed by atoms with Gasteiger partial charge >= 0.3 is 0 Å². The van der Waals surface area contributed by atoms with Crippen LogP contribution in [0.15, 0.2) is 42.7 Å². The van der Waals surface area contributed by atoms with E-state index < -0.39 is 5.60 Å². The molecule has 0 spiro atoms. The quantitative estimate of drug-likeness (QED) is 0.758. The van der Waals surface area contributed by atoms with Crippen LogP contribution < -0.4 is 0 Å². The zero-order valence-corrected chi connectivity index (χ0v) is 16.4. The first-order valence-corrected chi connectivity index (χ1v) is 9.86. The third kappa shape index (κ3) is 3.52. The van der Waals surface area contributed by atoms with E-state index in [1.807, 2.05) is 59.8 Å². The van der Waals surface area contributed by atoms with Crippen molar-refractivity contribution in [3.63, 3.8) is 0 Å². The van der Waals surface area contributed by atoms with Gasteiger partial charge in [-0.05, 0) is 43.5 Å². The van der Waals surface area contributed by atoms with Gasteiger partial charge in [-0.2, -0.15) is 0 Å². The van der Waals surface area contributed by atoms with Crippen molar-refractivity contribution in [2.75, 3.05) is 13.1 Å². The van der Waals surface area contributed by atoms with E-state index in [4.69, 9.17) is 0 Å². The summed E-state index contributed by atoms with van der Waals surface area (Å²) in [5.74, 6) is 0.995. The maximum Gasteiger partial charge on any atom is 0.242 e. The molecule has 0 unspecified atom stereocenters. The Hall–Kier alpha value is -2.73. The highest BCUT2D eigenvalue weighted by atomic mass is 16.3. The van der Waals surface area contributed by atoms with Gasteiger partial charge in [-0.3, -0.25) is 9.78 Å². The number of aliphatic hydroxyl groups is 1. The molecule has 146 valence electrons. The molecule has 1 saturated heterocycles. The minimum absolute atomic E-state index is 0.0768. The summed E-state index contributed by atoms with van der Waals surface area (Å²) < 4.78 is 1.90. The van der Waals surface area contributed by atoms with Crippen molar-refractivity contribution in [1.82, 2.24) is 19.4 Å². The van der Waals surface area contributed by atoms with E-state index in [1.165, 1.54) is 0 Å². The molecule has 28 heavy (non-hydrogen) atoms. The number of aryl methyl sites for hydroxylation is 2. The van der Waals surface area contributed by atoms with E-state index >= 15 is 0 Å². The maximum atomic E-state index is 12.7. The lowest BCUT2D eigenvalue weighted by Crippen LogP contribution is -2.46. The number of fused-ring (bicyclic) bond motifs is 1. The van der Waals surface area contributed by atoms with E-state index in [2.05, 4.69) is 9.97 Å². The van der Waals surface area contributed by atoms with Crippen molar-refractivity contribution in [2.45, 2.75) is 45.3 Å². The fourth-order valence-electron chi connectivity index (χ4n) is 3.98. The molecule has 6 nitrogen and oxygen atoms in total. The number of hydrogen-bond donors (Lipinski definition) is 1. The van der Waals surface area contributed by atoms with Gasteiger partial charge in [-0.25, -0.2) is 4.98 Å². The van der Waals surface area contributed by atoms with Crippen molar-refractivity contribution in [1.29, 1.82) is 0 Å². The minimum atomic E-state index is -0.903. The number of piperidine rings is 1. The third-order valence-electron chi connectivity index (χ3n) is 5.73. The molecule has 4 rings (SSSR count). The van der Waals surface area contributed by atoms with Crippen LogP contribution in [0.3, 0.4) is 0 Å². The fraction of sp³-hybridized carbons (Fsp3) is 0.409. The lowest BCUT2D eigenvalue weighted by molar-refractivity contribution is -0.136. The van der Waals surface area contributed by atoms with Gasteiger partial charge in [-0.15, -0.1) is 0 Å². The number of nitrogens with zero attached hydrogens (tertiary/aromatic N) is 4. The Balaban J connectivity index is 1.45. The number of aromatic nitrogens is 3. The molecule has 0 aliphatic carbocycles. The third-order valence-corrected chi connectivity index (χ3v) is 5.73. The Morgan fingerprint density at radius 1 is 1.21 bits per heavy atom. The zero-order chi connectivity index (χ0) is 19.7. The van der Waals surface area contributed by atoms with Crippen LogP contribution in [0.1, 0.15) is 36.8 Å². The molecule has 0 bridgehead atoms. The number of hydrogen-bond acceptors (Lipinski definition) is 4. The summed E-state index contributed by atoms with van der Waals surface area (Å²) in [7, 11) is 0. The molecule has 3 aromatic rings. The number of benzene rings is 1. The fourth-order valence-corrected chi connectivity index (χ4v) is 3.98. The van der Waals surface area contributed by atoms with Crippen LogP contribution >= 0.6 is 0 Å². The number of pyridine rings is 1. The highest BCUT2D eigenvalue weighted by Crippen LogP contribution is 2.34. The van der Waals surface area contributed by atoms with E-state index in [0.29, 0.717) is 32.5 Å². The first-order chi connectivity index (χ1) is 13.5. The van der Waals surface area contributed by atoms with E-state index in [1.54, 1.807) is 6.20 Å². The first-order valence-electron chi connectivity index (χ1n) is 9.86. The van der Waals surface area contributed by atoms with Crippen LogP contribution in [0.2, 0.25) is 0 Å². The standard InChI is InChI=1S/C22H26N4O2/c1-3-20-23-10-13-26(20)15-21(27)25-11-8-22(28,9-12-25)18-6-7-19-17(14-18)5-4-16(2)24-19/h4-7,10,13-14,28H,3,8-9,11-12,15H2,1-2H3. The smallest absolute Gasteiger partial charge is 0.242 e. The summed E-state index contributed by atoms with van der Waals surface area (Å²) in [6.45, 7) is 5.42. The van der Waals surface area contributed by atoms with Gasteiger partial charge in [0.15, 0.2) is 0 Å². The molecule has 1 aromatic carbocycles. The maximum absolute atomic E-state index is 12.7. The summed E-state index contributed by atoms with van der Waals surface area (Å²) in [5, 5.41) is 12.3. The average molecular weight is 378 g/mol. The second-order valence-electron chi connectivity index (χ2n) is 7.60. The molecular formula is C22H26N4O2. The number of carbonyl (C=O) groups is 1. The molecule has 0 saturated carbocycles. The monoisotopic (exact) mass is 378 g/mol. The highest BCUT2D eigenvalue weighted by molar-refractivity contribution is 5.80. The number of rotatable bonds is 4. The molecule has 1 amide bonds. The van der Waals surface area contributed by atoms with Gasteiger partial charge < -0.3 is 14.6 Å². The van der Waals surface area contributed by atoms with Crippen LogP contribution in [0.5, 0.6) is 0 Å². The van der Waals surface area contributed by atoms with Gasteiger partial charge in [0, 0.05) is 43.0 Å². The van der Waals surface area contributed by atoms with Gasteiger partial charge in [0.1, 0.15) is 12.4 Å². The van der Waals surface area contributed by atoms with Gasteiger partial charge in [0.25, 0.3) is 0 Å². The first kappa shape index (κ1) is 18.6. The van der Waals surface area contributed by atoms with Crippen LogP contribution in [0.25, 0.3) is 10.9 Å². The summed E-state index contributed by atoms with van der Waals surface area (Å²) >= 11 is 0. The van der Waals surface area contributed by atoms with Crippen molar-refractivity contribution in [3.8, 4) is 0 Å². The Morgan fingerprint density at radius 3 is 2.75 bits per heavy atom. The zero-order valence-electron chi connectivity index (χ0n) is 16.4. The number of amides is 1. The lowest BCUT2D eigenvalue weighted by Gasteiger charge is -2.38. The summed E-state index contributed by atoms with van der Waals surface area (Å²) in [6, 6.07) is 9.99. The summed E-state index contributed by atoms with van der Waals surface area (Å²) in [4.78, 5) is 23.3. The van der Waals surface area contributed by atoms with Crippen LogP contribution in [0.4, 0.5) is 0 Å². The van der Waals surface area contributed by atoms with Crippen molar-refractivity contribution in [2.24, 2.45) is 0 Å². The molecule has 3 heterocycles. The predicted molar refractivity (Wildman–Crippen MR) is 108 cm³/mol. The Bertz CT molecular complexity index is 1000. The number of carbonyl (C=O) groups excluding carboxylic acids is 1. The molecule has 2 aromatic heterocycles. The Labute approximate surface area is 164 Å². The van der Waals surface area contributed by atoms with Crippen LogP contribution in [-0.2, 0) is 23.4 Å². The SMILES string of the molecule is CCc1nccn1CC(=O)N1CCC(O)(c2ccc3nc(C)ccc3c2)CC1. The van der Waals surface area contributed by atoms with Gasteiger partial charge in [0.2, 0.25) is 5.91 Å². The minimum Gasteiger partial charge on any atom is -0.385 e. The van der Waals surface area contributed by atoms with Gasteiger partial charge in [-0.1, -0.05) is 19.1 Å².